The lowest BCUT2D eigenvalue weighted by Gasteiger charge is -2.26. The Morgan fingerprint density at radius 2 is 1.73 bits per heavy atom. The van der Waals surface area contributed by atoms with E-state index in [1.807, 2.05) is 44.2 Å². The molecule has 0 aliphatic carbocycles. The normalized spacial score (nSPS) is 17.9. The number of hydrogen-bond donors (Lipinski definition) is 4. The first-order chi connectivity index (χ1) is 17.5. The van der Waals surface area contributed by atoms with E-state index in [4.69, 9.17) is 14.6 Å². The fourth-order valence-corrected chi connectivity index (χ4v) is 3.59. The third-order valence-electron chi connectivity index (χ3n) is 5.61. The molecule has 0 bridgehead atoms. The van der Waals surface area contributed by atoms with Gasteiger partial charge in [0.05, 0.1) is 12.6 Å². The van der Waals surface area contributed by atoms with Crippen LogP contribution in [0, 0.1) is 5.92 Å². The number of amides is 3. The molecule has 37 heavy (non-hydrogen) atoms. The van der Waals surface area contributed by atoms with Gasteiger partial charge in [-0.2, -0.15) is 0 Å². The Morgan fingerprint density at radius 3 is 2.32 bits per heavy atom. The molecule has 2 rings (SSSR count). The maximum atomic E-state index is 12.9. The van der Waals surface area contributed by atoms with Crippen molar-refractivity contribution in [2.24, 2.45) is 5.92 Å². The third kappa shape index (κ3) is 9.47. The van der Waals surface area contributed by atoms with E-state index in [0.717, 1.165) is 12.8 Å². The summed E-state index contributed by atoms with van der Waals surface area (Å²) in [6, 6.07) is 8.34. The van der Waals surface area contributed by atoms with Crippen LogP contribution in [0.15, 0.2) is 30.3 Å². The maximum absolute atomic E-state index is 12.9. The van der Waals surface area contributed by atoms with Gasteiger partial charge in [-0.15, -0.1) is 0 Å². The second-order valence-corrected chi connectivity index (χ2v) is 9.02. The number of epoxide rings is 1. The van der Waals surface area contributed by atoms with Gasteiger partial charge in [-0.3, -0.25) is 24.6 Å². The number of aliphatic carboxylic acids is 1. The van der Waals surface area contributed by atoms with Gasteiger partial charge in [-0.25, -0.2) is 9.80 Å². The zero-order chi connectivity index (χ0) is 27.5. The molecule has 12 heteroatoms. The van der Waals surface area contributed by atoms with Gasteiger partial charge in [-0.1, -0.05) is 44.2 Å². The van der Waals surface area contributed by atoms with Gasteiger partial charge in [0.25, 0.3) is 11.8 Å². The van der Waals surface area contributed by atoms with E-state index in [1.54, 1.807) is 6.92 Å². The van der Waals surface area contributed by atoms with Crippen molar-refractivity contribution in [3.8, 4) is 0 Å². The number of rotatable bonds is 14. The Bertz CT molecular complexity index is 955. The van der Waals surface area contributed by atoms with Crippen LogP contribution in [-0.4, -0.2) is 83.8 Å². The van der Waals surface area contributed by atoms with Crippen LogP contribution in [-0.2, 0) is 39.9 Å². The predicted molar refractivity (Wildman–Crippen MR) is 132 cm³/mol. The van der Waals surface area contributed by atoms with Crippen LogP contribution in [0.1, 0.15) is 39.7 Å². The molecule has 204 valence electrons. The molecule has 0 aromatic heterocycles. The number of carboxylic acids is 1. The minimum atomic E-state index is -1.39. The van der Waals surface area contributed by atoms with Gasteiger partial charge in [0.1, 0.15) is 12.6 Å². The molecule has 1 aliphatic rings. The average molecular weight is 521 g/mol. The van der Waals surface area contributed by atoms with E-state index < -0.39 is 60.5 Å². The molecule has 0 radical (unpaired) electrons. The number of hydrogen-bond acceptors (Lipinski definition) is 8. The summed E-state index contributed by atoms with van der Waals surface area (Å²) in [5.41, 5.74) is 3.40. The fraction of sp³-hybridized carbons (Fsp3) is 0.560. The summed E-state index contributed by atoms with van der Waals surface area (Å²) < 4.78 is 9.78. The average Bonchev–Trinajstić information content (AvgIpc) is 3.64. The zero-order valence-corrected chi connectivity index (χ0v) is 21.6. The fourth-order valence-electron chi connectivity index (χ4n) is 3.59. The Hall–Kier alpha value is -3.51. The van der Waals surface area contributed by atoms with Crippen LogP contribution in [0.4, 0.5) is 0 Å². The van der Waals surface area contributed by atoms with Crippen LogP contribution in [0.25, 0.3) is 0 Å². The predicted octanol–water partition coefficient (Wildman–Crippen LogP) is 0.0130. The van der Waals surface area contributed by atoms with Crippen LogP contribution >= 0.6 is 0 Å². The number of carbonyl (C=O) groups is 5. The monoisotopic (exact) mass is 520 g/mol. The lowest BCUT2D eigenvalue weighted by atomic mass is 10.0. The van der Waals surface area contributed by atoms with Gasteiger partial charge < -0.3 is 25.2 Å². The zero-order valence-electron chi connectivity index (χ0n) is 21.6. The van der Waals surface area contributed by atoms with Crippen LogP contribution in [0.3, 0.4) is 0 Å². The summed E-state index contributed by atoms with van der Waals surface area (Å²) in [5.74, 6) is -4.32. The summed E-state index contributed by atoms with van der Waals surface area (Å²) in [5, 5.41) is 15.5. The SMILES string of the molecule is CCOC(=O)[C@@H]1O[C@H]1C(=O)N(CC(=O)O)NC(=O)C(C)NC(=O)C(NCCCc1ccccc1)C(C)C. The number of carboxylic acid groups (broad SMARTS) is 1. The smallest absolute Gasteiger partial charge is 0.338 e. The van der Waals surface area contributed by atoms with Crippen molar-refractivity contribution in [1.82, 2.24) is 21.1 Å². The molecule has 0 saturated carbocycles. The quantitative estimate of drug-likeness (QED) is 0.114. The van der Waals surface area contributed by atoms with Crippen molar-refractivity contribution in [2.45, 2.75) is 64.8 Å². The van der Waals surface area contributed by atoms with Crippen LogP contribution in [0.2, 0.25) is 0 Å². The first-order valence-electron chi connectivity index (χ1n) is 12.3. The molecule has 3 amide bonds. The molecule has 12 nitrogen and oxygen atoms in total. The number of ether oxygens (including phenoxy) is 2. The van der Waals surface area contributed by atoms with Crippen LogP contribution < -0.4 is 16.1 Å². The summed E-state index contributed by atoms with van der Waals surface area (Å²) in [4.78, 5) is 61.1. The van der Waals surface area contributed by atoms with E-state index in [2.05, 4.69) is 16.1 Å². The van der Waals surface area contributed by atoms with Crippen LogP contribution in [0.5, 0.6) is 0 Å². The van der Waals surface area contributed by atoms with Gasteiger partial charge in [0.15, 0.2) is 12.2 Å². The lowest BCUT2D eigenvalue weighted by Crippen LogP contribution is -2.58. The highest BCUT2D eigenvalue weighted by atomic mass is 16.6. The Morgan fingerprint density at radius 1 is 1.05 bits per heavy atom. The highest BCUT2D eigenvalue weighted by Crippen LogP contribution is 2.25. The number of aryl methyl sites for hydroxylation is 1. The second-order valence-electron chi connectivity index (χ2n) is 9.02. The van der Waals surface area contributed by atoms with E-state index in [1.165, 1.54) is 12.5 Å². The number of nitrogens with zero attached hydrogens (tertiary/aromatic N) is 1. The molecule has 4 atom stereocenters. The van der Waals surface area contributed by atoms with Crippen molar-refractivity contribution < 1.29 is 38.6 Å². The summed E-state index contributed by atoms with van der Waals surface area (Å²) in [7, 11) is 0. The van der Waals surface area contributed by atoms with Gasteiger partial charge >= 0.3 is 11.9 Å². The highest BCUT2D eigenvalue weighted by Gasteiger charge is 2.53. The Labute approximate surface area is 216 Å². The molecule has 1 aliphatic heterocycles. The largest absolute Gasteiger partial charge is 0.480 e. The number of nitrogens with one attached hydrogen (secondary N) is 3. The Balaban J connectivity index is 1.89. The third-order valence-corrected chi connectivity index (χ3v) is 5.61. The number of carbonyl (C=O) groups excluding carboxylic acids is 4. The first-order valence-corrected chi connectivity index (χ1v) is 12.3. The van der Waals surface area contributed by atoms with Gasteiger partial charge in [-0.05, 0) is 44.7 Å². The van der Waals surface area contributed by atoms with Crippen molar-refractivity contribution in [3.05, 3.63) is 35.9 Å². The molecular weight excluding hydrogens is 484 g/mol. The molecule has 1 aromatic carbocycles. The summed E-state index contributed by atoms with van der Waals surface area (Å²) in [6.07, 6.45) is -0.737. The minimum absolute atomic E-state index is 0.0658. The van der Waals surface area contributed by atoms with E-state index >= 15 is 0 Å². The minimum Gasteiger partial charge on any atom is -0.480 e. The van der Waals surface area contributed by atoms with Crippen molar-refractivity contribution in [3.63, 3.8) is 0 Å². The molecule has 1 heterocycles. The molecule has 4 N–H and O–H groups in total. The number of benzene rings is 1. The molecule has 1 fully saturated rings. The molecule has 0 spiro atoms. The molecular formula is C25H36N4O8. The summed E-state index contributed by atoms with van der Waals surface area (Å²) in [6.45, 7) is 6.58. The van der Waals surface area contributed by atoms with Crippen molar-refractivity contribution in [1.29, 1.82) is 0 Å². The van der Waals surface area contributed by atoms with Crippen molar-refractivity contribution >= 4 is 29.7 Å². The molecule has 1 aromatic rings. The standard InChI is InChI=1S/C25H36N4O8/c1-5-36-25(35)21-20(37-21)24(34)29(14-18(30)31)28-22(32)16(4)27-23(33)19(15(2)3)26-13-9-12-17-10-7-6-8-11-17/h6-8,10-11,15-16,19-21,26H,5,9,12-14H2,1-4H3,(H,27,33)(H,28,32)(H,30,31)/t16?,19?,20-,21-/m1/s1. The van der Waals surface area contributed by atoms with Gasteiger partial charge in [0, 0.05) is 0 Å². The number of esters is 1. The molecule has 1 saturated heterocycles. The van der Waals surface area contributed by atoms with E-state index in [-0.39, 0.29) is 12.5 Å². The first kappa shape index (κ1) is 29.7. The Kier molecular flexibility index (Phi) is 11.5. The second kappa shape index (κ2) is 14.3. The lowest BCUT2D eigenvalue weighted by molar-refractivity contribution is -0.151. The van der Waals surface area contributed by atoms with Gasteiger partial charge in [0.2, 0.25) is 5.91 Å². The van der Waals surface area contributed by atoms with E-state index in [9.17, 15) is 24.0 Å². The maximum Gasteiger partial charge on any atom is 0.338 e. The van der Waals surface area contributed by atoms with E-state index in [0.29, 0.717) is 11.6 Å². The molecule has 2 unspecified atom stereocenters. The summed E-state index contributed by atoms with van der Waals surface area (Å²) >= 11 is 0. The topological polar surface area (TPSA) is 167 Å². The number of hydrazine groups is 1. The highest BCUT2D eigenvalue weighted by molar-refractivity contribution is 5.96. The van der Waals surface area contributed by atoms with Crippen molar-refractivity contribution in [2.75, 3.05) is 19.7 Å².